The number of halogens is 2. The molecule has 0 aliphatic rings. The molecule has 4 N–H and O–H groups in total. The van der Waals surface area contributed by atoms with Crippen molar-refractivity contribution in [3.63, 3.8) is 0 Å². The lowest BCUT2D eigenvalue weighted by molar-refractivity contribution is -0.121. The summed E-state index contributed by atoms with van der Waals surface area (Å²) < 4.78 is 4.81. The first-order valence-corrected chi connectivity index (χ1v) is 6.99. The van der Waals surface area contributed by atoms with Crippen LogP contribution in [0.2, 0.25) is 10.0 Å². The van der Waals surface area contributed by atoms with E-state index in [-0.39, 0.29) is 40.5 Å². The highest BCUT2D eigenvalue weighted by atomic mass is 35.5. The molecule has 116 valence electrons. The zero-order chi connectivity index (χ0) is 15.8. The second kappa shape index (κ2) is 8.71. The Kier molecular flexibility index (Phi) is 7.28. The van der Waals surface area contributed by atoms with Gasteiger partial charge >= 0.3 is 0 Å². The molecule has 1 rings (SSSR count). The van der Waals surface area contributed by atoms with Gasteiger partial charge in [0, 0.05) is 32.2 Å². The molecule has 6 nitrogen and oxygen atoms in total. The molecule has 0 aliphatic heterocycles. The van der Waals surface area contributed by atoms with E-state index in [1.54, 1.807) is 7.11 Å². The van der Waals surface area contributed by atoms with E-state index in [1.165, 1.54) is 12.1 Å². The fourth-order valence-corrected chi connectivity index (χ4v) is 1.97. The molecule has 0 atom stereocenters. The van der Waals surface area contributed by atoms with Crippen LogP contribution < -0.4 is 16.4 Å². The standard InChI is InChI=1S/C13H17Cl2N3O3/c1-21-5-4-17-11(19)2-3-18-13(20)8-6-9(14)12(16)10(15)7-8/h6-7H,2-5,16H2,1H3,(H,17,19)(H,18,20). The van der Waals surface area contributed by atoms with Crippen LogP contribution in [0.1, 0.15) is 16.8 Å². The molecule has 2 amide bonds. The second-order valence-corrected chi connectivity index (χ2v) is 5.02. The molecule has 0 aliphatic carbocycles. The summed E-state index contributed by atoms with van der Waals surface area (Å²) in [5.74, 6) is -0.538. The van der Waals surface area contributed by atoms with Crippen LogP contribution in [0, 0.1) is 0 Å². The number of nitrogen functional groups attached to an aromatic ring is 1. The van der Waals surface area contributed by atoms with Gasteiger partial charge in [-0.05, 0) is 12.1 Å². The number of nitrogens with one attached hydrogen (secondary N) is 2. The molecule has 0 bridgehead atoms. The van der Waals surface area contributed by atoms with Gasteiger partial charge in [0.05, 0.1) is 22.3 Å². The molecule has 21 heavy (non-hydrogen) atoms. The molecule has 0 saturated carbocycles. The van der Waals surface area contributed by atoms with E-state index in [2.05, 4.69) is 10.6 Å². The molecule has 1 aromatic carbocycles. The number of methoxy groups -OCH3 is 1. The maximum Gasteiger partial charge on any atom is 0.251 e. The average Bonchev–Trinajstić information content (AvgIpc) is 2.44. The maximum absolute atomic E-state index is 11.9. The van der Waals surface area contributed by atoms with Gasteiger partial charge in [0.15, 0.2) is 0 Å². The van der Waals surface area contributed by atoms with Crippen molar-refractivity contribution in [3.05, 3.63) is 27.7 Å². The van der Waals surface area contributed by atoms with E-state index in [0.29, 0.717) is 18.7 Å². The Morgan fingerprint density at radius 1 is 1.19 bits per heavy atom. The number of hydrogen-bond acceptors (Lipinski definition) is 4. The van der Waals surface area contributed by atoms with Crippen LogP contribution in [-0.4, -0.2) is 38.6 Å². The average molecular weight is 334 g/mol. The third kappa shape index (κ3) is 5.79. The topological polar surface area (TPSA) is 93.5 Å². The van der Waals surface area contributed by atoms with E-state index in [1.807, 2.05) is 0 Å². The third-order valence-corrected chi connectivity index (χ3v) is 3.23. The highest BCUT2D eigenvalue weighted by Crippen LogP contribution is 2.28. The van der Waals surface area contributed by atoms with Crippen molar-refractivity contribution in [3.8, 4) is 0 Å². The Balaban J connectivity index is 2.42. The van der Waals surface area contributed by atoms with E-state index in [4.69, 9.17) is 33.7 Å². The minimum Gasteiger partial charge on any atom is -0.396 e. The van der Waals surface area contributed by atoms with Crippen molar-refractivity contribution >= 4 is 40.7 Å². The second-order valence-electron chi connectivity index (χ2n) is 4.20. The molecule has 1 aromatic rings. The number of carbonyl (C=O) groups excluding carboxylic acids is 2. The first kappa shape index (κ1) is 17.6. The zero-order valence-corrected chi connectivity index (χ0v) is 13.1. The van der Waals surface area contributed by atoms with Gasteiger partial charge < -0.3 is 21.1 Å². The Morgan fingerprint density at radius 2 is 1.81 bits per heavy atom. The summed E-state index contributed by atoms with van der Waals surface area (Å²) in [7, 11) is 1.55. The van der Waals surface area contributed by atoms with Crippen LogP contribution in [0.3, 0.4) is 0 Å². The van der Waals surface area contributed by atoms with Crippen molar-refractivity contribution in [1.82, 2.24) is 10.6 Å². The van der Waals surface area contributed by atoms with Gasteiger partial charge in [0.25, 0.3) is 5.91 Å². The molecular weight excluding hydrogens is 317 g/mol. The zero-order valence-electron chi connectivity index (χ0n) is 11.5. The predicted octanol–water partition coefficient (Wildman–Crippen LogP) is 1.46. The molecular formula is C13H17Cl2N3O3. The van der Waals surface area contributed by atoms with Gasteiger partial charge in [-0.2, -0.15) is 0 Å². The monoisotopic (exact) mass is 333 g/mol. The summed E-state index contributed by atoms with van der Waals surface area (Å²) in [6, 6.07) is 2.85. The van der Waals surface area contributed by atoms with Crippen molar-refractivity contribution in [2.75, 3.05) is 32.5 Å². The SMILES string of the molecule is COCCNC(=O)CCNC(=O)c1cc(Cl)c(N)c(Cl)c1. The molecule has 0 unspecified atom stereocenters. The van der Waals surface area contributed by atoms with E-state index >= 15 is 0 Å². The van der Waals surface area contributed by atoms with Gasteiger partial charge in [-0.1, -0.05) is 23.2 Å². The highest BCUT2D eigenvalue weighted by Gasteiger charge is 2.11. The van der Waals surface area contributed by atoms with Crippen LogP contribution >= 0.6 is 23.2 Å². The number of benzene rings is 1. The summed E-state index contributed by atoms with van der Waals surface area (Å²) in [6.07, 6.45) is 0.173. The molecule has 0 fully saturated rings. The van der Waals surface area contributed by atoms with Gasteiger partial charge in [-0.25, -0.2) is 0 Å². The first-order valence-electron chi connectivity index (χ1n) is 6.24. The van der Waals surface area contributed by atoms with Crippen LogP contribution in [-0.2, 0) is 9.53 Å². The minimum absolute atomic E-state index is 0.166. The molecule has 0 heterocycles. The number of carbonyl (C=O) groups is 2. The Labute approximate surface area is 132 Å². The number of amides is 2. The lowest BCUT2D eigenvalue weighted by Crippen LogP contribution is -2.32. The number of anilines is 1. The van der Waals surface area contributed by atoms with E-state index in [0.717, 1.165) is 0 Å². The van der Waals surface area contributed by atoms with Gasteiger partial charge in [0.2, 0.25) is 5.91 Å². The third-order valence-electron chi connectivity index (χ3n) is 2.61. The smallest absolute Gasteiger partial charge is 0.251 e. The van der Waals surface area contributed by atoms with Crippen molar-refractivity contribution in [2.24, 2.45) is 0 Å². The van der Waals surface area contributed by atoms with Gasteiger partial charge in [-0.3, -0.25) is 9.59 Å². The van der Waals surface area contributed by atoms with Crippen molar-refractivity contribution < 1.29 is 14.3 Å². The quantitative estimate of drug-likeness (QED) is 0.520. The van der Waals surface area contributed by atoms with Crippen molar-refractivity contribution in [2.45, 2.75) is 6.42 Å². The number of hydrogen-bond donors (Lipinski definition) is 3. The lowest BCUT2D eigenvalue weighted by Gasteiger charge is -2.08. The Morgan fingerprint density at radius 3 is 2.38 bits per heavy atom. The molecule has 0 radical (unpaired) electrons. The fourth-order valence-electron chi connectivity index (χ4n) is 1.49. The lowest BCUT2D eigenvalue weighted by atomic mass is 10.2. The van der Waals surface area contributed by atoms with Crippen LogP contribution in [0.5, 0.6) is 0 Å². The predicted molar refractivity (Wildman–Crippen MR) is 82.7 cm³/mol. The number of rotatable bonds is 7. The van der Waals surface area contributed by atoms with Gasteiger partial charge in [-0.15, -0.1) is 0 Å². The Bertz CT molecular complexity index is 500. The fraction of sp³-hybridized carbons (Fsp3) is 0.385. The normalized spacial score (nSPS) is 10.2. The summed E-state index contributed by atoms with van der Waals surface area (Å²) in [6.45, 7) is 1.09. The van der Waals surface area contributed by atoms with E-state index in [9.17, 15) is 9.59 Å². The largest absolute Gasteiger partial charge is 0.396 e. The van der Waals surface area contributed by atoms with Crippen LogP contribution in [0.15, 0.2) is 12.1 Å². The molecule has 0 aromatic heterocycles. The van der Waals surface area contributed by atoms with E-state index < -0.39 is 0 Å². The summed E-state index contributed by atoms with van der Waals surface area (Å²) in [5, 5.41) is 5.68. The van der Waals surface area contributed by atoms with Gasteiger partial charge in [0.1, 0.15) is 0 Å². The maximum atomic E-state index is 11.9. The Hall–Kier alpha value is -1.50. The number of nitrogens with two attached hydrogens (primary N) is 1. The minimum atomic E-state index is -0.372. The van der Waals surface area contributed by atoms with Crippen molar-refractivity contribution in [1.29, 1.82) is 0 Å². The molecule has 0 spiro atoms. The summed E-state index contributed by atoms with van der Waals surface area (Å²) in [4.78, 5) is 23.3. The molecule has 0 saturated heterocycles. The molecule has 8 heteroatoms. The number of ether oxygens (including phenoxy) is 1. The van der Waals surface area contributed by atoms with Crippen LogP contribution in [0.4, 0.5) is 5.69 Å². The summed E-state index contributed by atoms with van der Waals surface area (Å²) >= 11 is 11.7. The summed E-state index contributed by atoms with van der Waals surface area (Å²) in [5.41, 5.74) is 6.11. The highest BCUT2D eigenvalue weighted by molar-refractivity contribution is 6.39. The first-order chi connectivity index (χ1) is 9.95. The van der Waals surface area contributed by atoms with Crippen LogP contribution in [0.25, 0.3) is 0 Å².